The van der Waals surface area contributed by atoms with E-state index >= 15 is 0 Å². The van der Waals surface area contributed by atoms with Crippen molar-refractivity contribution in [1.82, 2.24) is 5.32 Å². The molecule has 0 saturated heterocycles. The zero-order valence-corrected chi connectivity index (χ0v) is 14.3. The molecule has 1 aliphatic rings. The molecule has 1 atom stereocenters. The zero-order chi connectivity index (χ0) is 16.9. The molecule has 3 N–H and O–H groups in total. The second-order valence-electron chi connectivity index (χ2n) is 5.53. The molecule has 1 aliphatic heterocycles. The highest BCUT2D eigenvalue weighted by Gasteiger charge is 2.21. The van der Waals surface area contributed by atoms with Crippen LogP contribution < -0.4 is 15.8 Å². The van der Waals surface area contributed by atoms with Gasteiger partial charge in [-0.05, 0) is 36.1 Å². The van der Waals surface area contributed by atoms with Crippen LogP contribution in [0.15, 0.2) is 52.4 Å². The fraction of sp³-hybridized carbons (Fsp3) is 0.278. The van der Waals surface area contributed by atoms with E-state index in [0.717, 1.165) is 28.2 Å². The lowest BCUT2D eigenvalue weighted by atomic mass is 10.0. The van der Waals surface area contributed by atoms with E-state index in [0.29, 0.717) is 19.1 Å². The average Bonchev–Trinajstić information content (AvgIpc) is 2.60. The number of nitrogens with one attached hydrogen (secondary N) is 1. The van der Waals surface area contributed by atoms with Crippen LogP contribution in [0.1, 0.15) is 23.6 Å². The number of halogens is 1. The number of guanidine groups is 1. The Morgan fingerprint density at radius 3 is 3.04 bits per heavy atom. The molecule has 0 bridgehead atoms. The van der Waals surface area contributed by atoms with Gasteiger partial charge in [-0.15, -0.1) is 11.8 Å². The number of hydrogen-bond donors (Lipinski definition) is 2. The highest BCUT2D eigenvalue weighted by Crippen LogP contribution is 2.31. The molecule has 0 fully saturated rings. The number of fused-ring (bicyclic) bond motifs is 1. The number of para-hydroxylation sites is 1. The predicted octanol–water partition coefficient (Wildman–Crippen LogP) is 3.48. The Bertz CT molecular complexity index is 751. The first kappa shape index (κ1) is 16.6. The number of benzene rings is 2. The number of rotatable bonds is 4. The van der Waals surface area contributed by atoms with Gasteiger partial charge in [0.1, 0.15) is 11.6 Å². The molecule has 0 saturated carbocycles. The van der Waals surface area contributed by atoms with Crippen molar-refractivity contribution in [3.8, 4) is 5.75 Å². The minimum Gasteiger partial charge on any atom is -0.493 e. The van der Waals surface area contributed by atoms with Crippen molar-refractivity contribution in [3.63, 3.8) is 0 Å². The van der Waals surface area contributed by atoms with Crippen LogP contribution in [-0.4, -0.2) is 18.8 Å². The Kier molecular flexibility index (Phi) is 5.25. The van der Waals surface area contributed by atoms with Gasteiger partial charge in [-0.1, -0.05) is 18.2 Å². The van der Waals surface area contributed by atoms with E-state index in [-0.39, 0.29) is 11.9 Å². The number of hydrogen-bond acceptors (Lipinski definition) is 3. The number of aliphatic imine (C=N–C) groups is 1. The molecule has 24 heavy (non-hydrogen) atoms. The summed E-state index contributed by atoms with van der Waals surface area (Å²) >= 11 is 1.57. The number of nitrogens with zero attached hydrogens (tertiary/aromatic N) is 1. The summed E-state index contributed by atoms with van der Waals surface area (Å²) in [6, 6.07) is 12.7. The van der Waals surface area contributed by atoms with Gasteiger partial charge in [-0.25, -0.2) is 9.38 Å². The van der Waals surface area contributed by atoms with Gasteiger partial charge in [0.2, 0.25) is 0 Å². The summed E-state index contributed by atoms with van der Waals surface area (Å²) in [5.74, 6) is 0.972. The fourth-order valence-electron chi connectivity index (χ4n) is 2.76. The molecule has 0 radical (unpaired) electrons. The van der Waals surface area contributed by atoms with Crippen molar-refractivity contribution in [1.29, 1.82) is 0 Å². The number of thioether (sulfide) groups is 1. The Balaban J connectivity index is 1.71. The molecule has 1 heterocycles. The molecule has 0 spiro atoms. The van der Waals surface area contributed by atoms with Crippen LogP contribution in [0.25, 0.3) is 0 Å². The predicted molar refractivity (Wildman–Crippen MR) is 95.9 cm³/mol. The van der Waals surface area contributed by atoms with Gasteiger partial charge in [-0.2, -0.15) is 0 Å². The van der Waals surface area contributed by atoms with Crippen molar-refractivity contribution in [2.45, 2.75) is 23.9 Å². The van der Waals surface area contributed by atoms with E-state index in [4.69, 9.17) is 10.5 Å². The first-order valence-electron chi connectivity index (χ1n) is 7.78. The van der Waals surface area contributed by atoms with Crippen LogP contribution >= 0.6 is 11.8 Å². The first-order valence-corrected chi connectivity index (χ1v) is 9.00. The second kappa shape index (κ2) is 7.57. The van der Waals surface area contributed by atoms with Crippen LogP contribution in [0.4, 0.5) is 4.39 Å². The fourth-order valence-corrected chi connectivity index (χ4v) is 3.35. The van der Waals surface area contributed by atoms with E-state index in [1.54, 1.807) is 17.8 Å². The molecular formula is C18H20FN3OS. The summed E-state index contributed by atoms with van der Waals surface area (Å²) in [6.45, 7) is 0.986. The van der Waals surface area contributed by atoms with Crippen molar-refractivity contribution in [2.75, 3.05) is 12.9 Å². The van der Waals surface area contributed by atoms with Gasteiger partial charge < -0.3 is 15.8 Å². The monoisotopic (exact) mass is 345 g/mol. The molecule has 3 rings (SSSR count). The molecule has 2 aromatic rings. The Labute approximate surface area is 145 Å². The van der Waals surface area contributed by atoms with E-state index in [9.17, 15) is 4.39 Å². The summed E-state index contributed by atoms with van der Waals surface area (Å²) in [5, 5.41) is 3.24. The van der Waals surface area contributed by atoms with Crippen molar-refractivity contribution in [3.05, 3.63) is 59.4 Å². The van der Waals surface area contributed by atoms with E-state index < -0.39 is 0 Å². The molecule has 0 aromatic heterocycles. The molecule has 6 heteroatoms. The summed E-state index contributed by atoms with van der Waals surface area (Å²) < 4.78 is 19.1. The zero-order valence-electron chi connectivity index (χ0n) is 13.5. The van der Waals surface area contributed by atoms with Crippen LogP contribution in [-0.2, 0) is 6.54 Å². The maximum Gasteiger partial charge on any atom is 0.189 e. The van der Waals surface area contributed by atoms with E-state index in [1.807, 2.05) is 30.5 Å². The van der Waals surface area contributed by atoms with E-state index in [1.165, 1.54) is 12.1 Å². The van der Waals surface area contributed by atoms with Crippen molar-refractivity contribution >= 4 is 17.7 Å². The number of ether oxygens (including phenoxy) is 1. The first-order chi connectivity index (χ1) is 11.7. The third-order valence-corrected chi connectivity index (χ3v) is 4.78. The highest BCUT2D eigenvalue weighted by molar-refractivity contribution is 7.98. The van der Waals surface area contributed by atoms with Gasteiger partial charge in [0.15, 0.2) is 5.96 Å². The lowest BCUT2D eigenvalue weighted by molar-refractivity contribution is 0.262. The molecule has 126 valence electrons. The summed E-state index contributed by atoms with van der Waals surface area (Å²) in [7, 11) is 0. The van der Waals surface area contributed by atoms with Crippen LogP contribution in [0.5, 0.6) is 5.75 Å². The van der Waals surface area contributed by atoms with E-state index in [2.05, 4.69) is 10.3 Å². The lowest BCUT2D eigenvalue weighted by Crippen LogP contribution is -2.37. The maximum atomic E-state index is 13.4. The molecular weight excluding hydrogens is 325 g/mol. The highest BCUT2D eigenvalue weighted by atomic mass is 32.2. The third-order valence-electron chi connectivity index (χ3n) is 3.94. The maximum absolute atomic E-state index is 13.4. The smallest absolute Gasteiger partial charge is 0.189 e. The molecule has 4 nitrogen and oxygen atoms in total. The van der Waals surface area contributed by atoms with Crippen LogP contribution in [0, 0.1) is 5.82 Å². The topological polar surface area (TPSA) is 59.6 Å². The average molecular weight is 345 g/mol. The normalized spacial score (nSPS) is 17.1. The summed E-state index contributed by atoms with van der Waals surface area (Å²) in [6.07, 6.45) is 2.78. The quantitative estimate of drug-likeness (QED) is 0.506. The largest absolute Gasteiger partial charge is 0.493 e. The van der Waals surface area contributed by atoms with Crippen LogP contribution in [0.2, 0.25) is 0 Å². The summed E-state index contributed by atoms with van der Waals surface area (Å²) in [4.78, 5) is 5.38. The minimum absolute atomic E-state index is 0.0752. The van der Waals surface area contributed by atoms with Gasteiger partial charge in [-0.3, -0.25) is 0 Å². The second-order valence-corrected chi connectivity index (χ2v) is 6.38. The SMILES string of the molecule is CSc1ccc(F)cc1CN=C(N)NC1CCOc2ccccc21. The van der Waals surface area contributed by atoms with Gasteiger partial charge in [0.05, 0.1) is 19.2 Å². The molecule has 1 unspecified atom stereocenters. The van der Waals surface area contributed by atoms with Gasteiger partial charge >= 0.3 is 0 Å². The molecule has 2 aromatic carbocycles. The Hall–Kier alpha value is -2.21. The minimum atomic E-state index is -0.261. The third kappa shape index (κ3) is 3.82. The van der Waals surface area contributed by atoms with Crippen LogP contribution in [0.3, 0.4) is 0 Å². The van der Waals surface area contributed by atoms with Gasteiger partial charge in [0.25, 0.3) is 0 Å². The van der Waals surface area contributed by atoms with Crippen molar-refractivity contribution in [2.24, 2.45) is 10.7 Å². The number of nitrogens with two attached hydrogens (primary N) is 1. The Morgan fingerprint density at radius 1 is 1.38 bits per heavy atom. The molecule has 0 amide bonds. The Morgan fingerprint density at radius 2 is 2.21 bits per heavy atom. The standard InChI is InChI=1S/C18H20FN3OS/c1-24-17-7-6-13(19)10-12(17)11-21-18(20)22-15-8-9-23-16-5-3-2-4-14(15)16/h2-7,10,15H,8-9,11H2,1H3,(H3,20,21,22). The molecule has 0 aliphatic carbocycles. The lowest BCUT2D eigenvalue weighted by Gasteiger charge is -2.26. The van der Waals surface area contributed by atoms with Gasteiger partial charge in [0, 0.05) is 16.9 Å². The summed E-state index contributed by atoms with van der Waals surface area (Å²) in [5.41, 5.74) is 7.95. The van der Waals surface area contributed by atoms with Crippen molar-refractivity contribution < 1.29 is 9.13 Å².